The van der Waals surface area contributed by atoms with E-state index < -0.39 is 16.0 Å². The Kier molecular flexibility index (Phi) is 4.73. The lowest BCUT2D eigenvalue weighted by molar-refractivity contribution is 0.0525. The largest absolute Gasteiger partial charge is 0.493 e. The fourth-order valence-electron chi connectivity index (χ4n) is 1.47. The molecule has 1 aromatic rings. The maximum Gasteiger partial charge on any atom is 0.338 e. The van der Waals surface area contributed by atoms with E-state index in [1.165, 1.54) is 20.3 Å². The van der Waals surface area contributed by atoms with E-state index in [2.05, 4.69) is 0 Å². The van der Waals surface area contributed by atoms with Crippen LogP contribution >= 0.6 is 0 Å². The van der Waals surface area contributed by atoms with Crippen molar-refractivity contribution < 1.29 is 27.4 Å². The monoisotopic (exact) mass is 289 g/mol. The lowest BCUT2D eigenvalue weighted by Crippen LogP contribution is -2.16. The van der Waals surface area contributed by atoms with Crippen molar-refractivity contribution in [3.63, 3.8) is 0 Å². The van der Waals surface area contributed by atoms with Crippen LogP contribution in [0.4, 0.5) is 0 Å². The van der Waals surface area contributed by atoms with E-state index in [9.17, 15) is 13.2 Å². The fourth-order valence-corrected chi connectivity index (χ4v) is 2.21. The minimum Gasteiger partial charge on any atom is -0.493 e. The van der Waals surface area contributed by atoms with Crippen molar-refractivity contribution >= 4 is 16.0 Å². The zero-order valence-electron chi connectivity index (χ0n) is 10.8. The summed E-state index contributed by atoms with van der Waals surface area (Å²) in [4.78, 5) is 11.3. The molecule has 106 valence electrons. The molecule has 0 heterocycles. The van der Waals surface area contributed by atoms with Crippen LogP contribution < -0.4 is 14.6 Å². The topological polar surface area (TPSA) is 105 Å². The Morgan fingerprint density at radius 3 is 2.32 bits per heavy atom. The van der Waals surface area contributed by atoms with Crippen molar-refractivity contribution in [1.29, 1.82) is 0 Å². The van der Waals surface area contributed by atoms with E-state index in [0.717, 1.165) is 6.07 Å². The highest BCUT2D eigenvalue weighted by molar-refractivity contribution is 7.89. The van der Waals surface area contributed by atoms with E-state index in [1.807, 2.05) is 0 Å². The molecule has 0 fully saturated rings. The van der Waals surface area contributed by atoms with Gasteiger partial charge in [0.1, 0.15) is 4.90 Å². The molecule has 0 spiro atoms. The molecule has 0 saturated carbocycles. The van der Waals surface area contributed by atoms with Gasteiger partial charge in [-0.1, -0.05) is 0 Å². The van der Waals surface area contributed by atoms with Gasteiger partial charge in [0.15, 0.2) is 11.5 Å². The third kappa shape index (κ3) is 3.36. The Balaban J connectivity index is 3.52. The lowest BCUT2D eigenvalue weighted by atomic mass is 10.2. The molecule has 0 aromatic heterocycles. The molecule has 0 aliphatic carbocycles. The van der Waals surface area contributed by atoms with Crippen LogP contribution in [-0.2, 0) is 14.8 Å². The molecule has 7 nitrogen and oxygen atoms in total. The molecule has 2 N–H and O–H groups in total. The maximum atomic E-state index is 11.6. The summed E-state index contributed by atoms with van der Waals surface area (Å²) in [6.45, 7) is 1.80. The Morgan fingerprint density at radius 1 is 1.26 bits per heavy atom. The first-order chi connectivity index (χ1) is 8.85. The van der Waals surface area contributed by atoms with Gasteiger partial charge in [0.2, 0.25) is 10.0 Å². The molecular formula is C11H15NO6S. The predicted molar refractivity (Wildman–Crippen MR) is 66.9 cm³/mol. The van der Waals surface area contributed by atoms with Gasteiger partial charge in [0.25, 0.3) is 0 Å². The van der Waals surface area contributed by atoms with Gasteiger partial charge in [-0.15, -0.1) is 0 Å². The molecule has 0 atom stereocenters. The molecular weight excluding hydrogens is 274 g/mol. The zero-order valence-corrected chi connectivity index (χ0v) is 11.6. The number of nitrogens with two attached hydrogens (primary N) is 1. The number of benzene rings is 1. The van der Waals surface area contributed by atoms with Gasteiger partial charge < -0.3 is 14.2 Å². The number of esters is 1. The molecule has 0 amide bonds. The highest BCUT2D eigenvalue weighted by Crippen LogP contribution is 2.35. The summed E-state index contributed by atoms with van der Waals surface area (Å²) in [5.74, 6) is -0.650. The van der Waals surface area contributed by atoms with Crippen molar-refractivity contribution in [3.8, 4) is 11.5 Å². The standard InChI is InChI=1S/C11H15NO6S/c1-4-18-11(13)7-5-8(16-2)10(17-3)9(6-7)19(12,14)15/h5-6H,4H2,1-3H3,(H2,12,14,15). The van der Waals surface area contributed by atoms with Crippen molar-refractivity contribution in [1.82, 2.24) is 0 Å². The second kappa shape index (κ2) is 5.89. The normalized spacial score (nSPS) is 10.9. The van der Waals surface area contributed by atoms with Crippen LogP contribution in [0, 0.1) is 0 Å². The van der Waals surface area contributed by atoms with Crippen molar-refractivity contribution in [2.24, 2.45) is 5.14 Å². The van der Waals surface area contributed by atoms with E-state index in [4.69, 9.17) is 19.3 Å². The van der Waals surface area contributed by atoms with Gasteiger partial charge in [-0.2, -0.15) is 0 Å². The number of carbonyl (C=O) groups excluding carboxylic acids is 1. The third-order valence-corrected chi connectivity index (χ3v) is 3.18. The summed E-state index contributed by atoms with van der Waals surface area (Å²) in [6.07, 6.45) is 0. The number of carbonyl (C=O) groups is 1. The zero-order chi connectivity index (χ0) is 14.6. The predicted octanol–water partition coefficient (Wildman–Crippen LogP) is 0.528. The molecule has 1 aromatic carbocycles. The first-order valence-corrected chi connectivity index (χ1v) is 6.85. The molecule has 19 heavy (non-hydrogen) atoms. The smallest absolute Gasteiger partial charge is 0.338 e. The van der Waals surface area contributed by atoms with Crippen LogP contribution in [0.1, 0.15) is 17.3 Å². The molecule has 1 rings (SSSR count). The summed E-state index contributed by atoms with van der Waals surface area (Å²) in [5.41, 5.74) is 0.0172. The van der Waals surface area contributed by atoms with E-state index in [-0.39, 0.29) is 28.6 Å². The van der Waals surface area contributed by atoms with E-state index in [1.54, 1.807) is 6.92 Å². The Hall–Kier alpha value is -1.80. The number of hydrogen-bond acceptors (Lipinski definition) is 6. The Morgan fingerprint density at radius 2 is 1.89 bits per heavy atom. The number of ether oxygens (including phenoxy) is 3. The van der Waals surface area contributed by atoms with Crippen molar-refractivity contribution in [3.05, 3.63) is 17.7 Å². The summed E-state index contributed by atoms with van der Waals surface area (Å²) >= 11 is 0. The molecule has 0 aliphatic rings. The molecule has 0 saturated heterocycles. The van der Waals surface area contributed by atoms with Crippen molar-refractivity contribution in [2.75, 3.05) is 20.8 Å². The van der Waals surface area contributed by atoms with E-state index in [0.29, 0.717) is 0 Å². The molecule has 0 unspecified atom stereocenters. The van der Waals surface area contributed by atoms with Crippen LogP contribution in [0.2, 0.25) is 0 Å². The van der Waals surface area contributed by atoms with Crippen LogP contribution in [-0.4, -0.2) is 35.2 Å². The highest BCUT2D eigenvalue weighted by Gasteiger charge is 2.23. The summed E-state index contributed by atoms with van der Waals surface area (Å²) < 4.78 is 37.7. The minimum atomic E-state index is -4.06. The number of hydrogen-bond donors (Lipinski definition) is 1. The average Bonchev–Trinajstić information content (AvgIpc) is 2.36. The van der Waals surface area contributed by atoms with Crippen LogP contribution in [0.25, 0.3) is 0 Å². The number of methoxy groups -OCH3 is 2. The van der Waals surface area contributed by atoms with Gasteiger partial charge in [-0.3, -0.25) is 0 Å². The number of primary sulfonamides is 1. The molecule has 8 heteroatoms. The van der Waals surface area contributed by atoms with Gasteiger partial charge in [0.05, 0.1) is 26.4 Å². The van der Waals surface area contributed by atoms with Crippen molar-refractivity contribution in [2.45, 2.75) is 11.8 Å². The van der Waals surface area contributed by atoms with Crippen LogP contribution in [0.5, 0.6) is 11.5 Å². The molecule has 0 bridgehead atoms. The molecule has 0 aliphatic heterocycles. The SMILES string of the molecule is CCOC(=O)c1cc(OC)c(OC)c(S(N)(=O)=O)c1. The second-order valence-electron chi connectivity index (χ2n) is 3.48. The lowest BCUT2D eigenvalue weighted by Gasteiger charge is -2.13. The van der Waals surface area contributed by atoms with Gasteiger partial charge in [-0.25, -0.2) is 18.4 Å². The van der Waals surface area contributed by atoms with Gasteiger partial charge in [-0.05, 0) is 19.1 Å². The van der Waals surface area contributed by atoms with Gasteiger partial charge in [0, 0.05) is 0 Å². The molecule has 0 radical (unpaired) electrons. The first kappa shape index (κ1) is 15.3. The maximum absolute atomic E-state index is 11.6. The van der Waals surface area contributed by atoms with Crippen LogP contribution in [0.15, 0.2) is 17.0 Å². The fraction of sp³-hybridized carbons (Fsp3) is 0.364. The van der Waals surface area contributed by atoms with Crippen LogP contribution in [0.3, 0.4) is 0 Å². The summed E-state index contributed by atoms with van der Waals surface area (Å²) in [6, 6.07) is 2.42. The summed E-state index contributed by atoms with van der Waals surface area (Å²) in [7, 11) is -1.47. The van der Waals surface area contributed by atoms with Gasteiger partial charge >= 0.3 is 5.97 Å². The average molecular weight is 289 g/mol. The number of sulfonamides is 1. The highest BCUT2D eigenvalue weighted by atomic mass is 32.2. The Labute approximate surface area is 111 Å². The number of rotatable bonds is 5. The summed E-state index contributed by atoms with van der Waals surface area (Å²) in [5, 5.41) is 5.08. The quantitative estimate of drug-likeness (QED) is 0.793. The second-order valence-corrected chi connectivity index (χ2v) is 5.01. The third-order valence-electron chi connectivity index (χ3n) is 2.26. The minimum absolute atomic E-state index is 0.0172. The van der Waals surface area contributed by atoms with E-state index >= 15 is 0 Å². The first-order valence-electron chi connectivity index (χ1n) is 5.31. The Bertz CT molecular complexity index is 581.